The molecular formula is C10H23O6P. The molecule has 0 spiro atoms. The summed E-state index contributed by atoms with van der Waals surface area (Å²) in [5.41, 5.74) is 0. The molecule has 0 bridgehead atoms. The maximum Gasteiger partial charge on any atom is 0.469 e. The lowest BCUT2D eigenvalue weighted by Crippen LogP contribution is -2.21. The molecule has 0 rings (SSSR count). The van der Waals surface area contributed by atoms with Gasteiger partial charge in [0.1, 0.15) is 6.10 Å². The molecule has 0 aromatic heterocycles. The van der Waals surface area contributed by atoms with Gasteiger partial charge in [0.2, 0.25) is 0 Å². The van der Waals surface area contributed by atoms with Crippen LogP contribution < -0.4 is 0 Å². The van der Waals surface area contributed by atoms with Gasteiger partial charge in [-0.05, 0) is 6.42 Å². The van der Waals surface area contributed by atoms with E-state index in [1.54, 1.807) is 0 Å². The molecule has 6 nitrogen and oxygen atoms in total. The number of aliphatic hydroxyl groups is 1. The molecule has 7 heteroatoms. The molecule has 0 saturated heterocycles. The van der Waals surface area contributed by atoms with Crippen LogP contribution in [0.25, 0.3) is 0 Å². The minimum atomic E-state index is -4.49. The van der Waals surface area contributed by atoms with Gasteiger partial charge in [-0.2, -0.15) is 0 Å². The quantitative estimate of drug-likeness (QED) is 0.388. The van der Waals surface area contributed by atoms with E-state index < -0.39 is 20.5 Å². The Labute approximate surface area is 102 Å². The van der Waals surface area contributed by atoms with Crippen molar-refractivity contribution in [2.45, 2.75) is 45.1 Å². The number of rotatable bonds is 11. The average molecular weight is 270 g/mol. The Bertz CT molecular complexity index is 217. The fraction of sp³-hybridized carbons (Fsp3) is 1.00. The van der Waals surface area contributed by atoms with Gasteiger partial charge in [-0.1, -0.05) is 32.6 Å². The number of hydrogen-bond donors (Lipinski definition) is 3. The summed E-state index contributed by atoms with van der Waals surface area (Å²) < 4.78 is 19.6. The third-order valence-corrected chi connectivity index (χ3v) is 2.62. The van der Waals surface area contributed by atoms with Gasteiger partial charge < -0.3 is 19.6 Å². The second-order valence-corrected chi connectivity index (χ2v) is 5.17. The monoisotopic (exact) mass is 270 g/mol. The summed E-state index contributed by atoms with van der Waals surface area (Å²) in [4.78, 5) is 16.8. The molecule has 104 valence electrons. The van der Waals surface area contributed by atoms with Crippen LogP contribution in [0.3, 0.4) is 0 Å². The lowest BCUT2D eigenvalue weighted by atomic mass is 10.2. The van der Waals surface area contributed by atoms with Gasteiger partial charge >= 0.3 is 7.82 Å². The molecule has 0 unspecified atom stereocenters. The van der Waals surface area contributed by atoms with E-state index in [0.29, 0.717) is 6.61 Å². The largest absolute Gasteiger partial charge is 0.469 e. The number of ether oxygens (including phenoxy) is 1. The highest BCUT2D eigenvalue weighted by atomic mass is 31.2. The Morgan fingerprint density at radius 1 is 1.12 bits per heavy atom. The predicted octanol–water partition coefficient (Wildman–Crippen LogP) is 1.44. The Morgan fingerprint density at radius 2 is 1.76 bits per heavy atom. The van der Waals surface area contributed by atoms with E-state index in [2.05, 4.69) is 11.4 Å². The Morgan fingerprint density at radius 3 is 2.35 bits per heavy atom. The van der Waals surface area contributed by atoms with Crippen molar-refractivity contribution in [2.75, 3.05) is 19.8 Å². The Balaban J connectivity index is 3.28. The van der Waals surface area contributed by atoms with Gasteiger partial charge in [-0.25, -0.2) is 4.57 Å². The summed E-state index contributed by atoms with van der Waals surface area (Å²) in [6.07, 6.45) is 4.63. The van der Waals surface area contributed by atoms with Crippen molar-refractivity contribution in [2.24, 2.45) is 0 Å². The van der Waals surface area contributed by atoms with Crippen molar-refractivity contribution in [1.29, 1.82) is 0 Å². The van der Waals surface area contributed by atoms with Crippen molar-refractivity contribution in [3.05, 3.63) is 0 Å². The van der Waals surface area contributed by atoms with E-state index in [-0.39, 0.29) is 6.61 Å². The molecule has 0 fully saturated rings. The predicted molar refractivity (Wildman–Crippen MR) is 63.6 cm³/mol. The molecule has 0 aromatic carbocycles. The zero-order chi connectivity index (χ0) is 13.1. The van der Waals surface area contributed by atoms with E-state index in [9.17, 15) is 9.67 Å². The molecule has 3 N–H and O–H groups in total. The van der Waals surface area contributed by atoms with E-state index in [4.69, 9.17) is 14.5 Å². The van der Waals surface area contributed by atoms with E-state index in [0.717, 1.165) is 12.8 Å². The fourth-order valence-corrected chi connectivity index (χ4v) is 1.62. The van der Waals surface area contributed by atoms with Gasteiger partial charge in [0.25, 0.3) is 0 Å². The van der Waals surface area contributed by atoms with E-state index in [1.165, 1.54) is 19.3 Å². The normalized spacial score (nSPS) is 13.9. The van der Waals surface area contributed by atoms with Crippen molar-refractivity contribution >= 4 is 7.82 Å². The summed E-state index contributed by atoms with van der Waals surface area (Å²) in [7, 11) is -4.49. The third kappa shape index (κ3) is 14.0. The molecule has 0 amide bonds. The van der Waals surface area contributed by atoms with Gasteiger partial charge in [0.15, 0.2) is 0 Å². The number of hydrogen-bond acceptors (Lipinski definition) is 4. The van der Waals surface area contributed by atoms with Crippen LogP contribution >= 0.6 is 7.82 Å². The molecule has 0 aromatic rings. The molecule has 0 heterocycles. The van der Waals surface area contributed by atoms with Crippen molar-refractivity contribution in [3.8, 4) is 0 Å². The first kappa shape index (κ1) is 17.0. The van der Waals surface area contributed by atoms with E-state index in [1.807, 2.05) is 0 Å². The topological polar surface area (TPSA) is 96.2 Å². The molecule has 0 aliphatic rings. The zero-order valence-electron chi connectivity index (χ0n) is 10.2. The van der Waals surface area contributed by atoms with Crippen LogP contribution in [0.5, 0.6) is 0 Å². The SMILES string of the molecule is CCCCCCCOC[C@@H](O)COP(=O)(O)O. The Kier molecular flexibility index (Phi) is 10.0. The van der Waals surface area contributed by atoms with Crippen LogP contribution in [-0.4, -0.2) is 40.8 Å². The minimum absolute atomic E-state index is 0.0355. The smallest absolute Gasteiger partial charge is 0.388 e. The van der Waals surface area contributed by atoms with Crippen LogP contribution in [0.2, 0.25) is 0 Å². The van der Waals surface area contributed by atoms with Crippen LogP contribution in [0, 0.1) is 0 Å². The molecule has 0 aliphatic heterocycles. The first-order chi connectivity index (χ1) is 7.95. The number of phosphoric acid groups is 1. The molecular weight excluding hydrogens is 247 g/mol. The summed E-state index contributed by atoms with van der Waals surface area (Å²) in [6, 6.07) is 0. The minimum Gasteiger partial charge on any atom is -0.388 e. The molecule has 0 aliphatic carbocycles. The summed E-state index contributed by atoms with van der Waals surface area (Å²) in [5, 5.41) is 9.26. The number of phosphoric ester groups is 1. The van der Waals surface area contributed by atoms with Crippen LogP contribution in [0.1, 0.15) is 39.0 Å². The van der Waals surface area contributed by atoms with Crippen LogP contribution in [0.15, 0.2) is 0 Å². The van der Waals surface area contributed by atoms with Crippen LogP contribution in [-0.2, 0) is 13.8 Å². The highest BCUT2D eigenvalue weighted by Gasteiger charge is 2.16. The zero-order valence-corrected chi connectivity index (χ0v) is 11.1. The summed E-state index contributed by atoms with van der Waals surface area (Å²) in [6.45, 7) is 2.32. The number of unbranched alkanes of at least 4 members (excludes halogenated alkanes) is 4. The molecule has 0 radical (unpaired) electrons. The summed E-state index contributed by atoms with van der Waals surface area (Å²) >= 11 is 0. The van der Waals surface area contributed by atoms with E-state index >= 15 is 0 Å². The maximum atomic E-state index is 10.3. The van der Waals surface area contributed by atoms with Crippen molar-refractivity contribution in [3.63, 3.8) is 0 Å². The highest BCUT2D eigenvalue weighted by molar-refractivity contribution is 7.46. The van der Waals surface area contributed by atoms with Gasteiger partial charge in [-0.15, -0.1) is 0 Å². The van der Waals surface area contributed by atoms with Gasteiger partial charge in [0.05, 0.1) is 13.2 Å². The lowest BCUT2D eigenvalue weighted by molar-refractivity contribution is 0.00476. The maximum absolute atomic E-state index is 10.3. The second-order valence-electron chi connectivity index (χ2n) is 3.93. The molecule has 17 heavy (non-hydrogen) atoms. The second kappa shape index (κ2) is 10.00. The van der Waals surface area contributed by atoms with Crippen molar-refractivity contribution < 1.29 is 28.7 Å². The van der Waals surface area contributed by atoms with Gasteiger partial charge in [-0.3, -0.25) is 4.52 Å². The van der Waals surface area contributed by atoms with Gasteiger partial charge in [0, 0.05) is 6.61 Å². The number of aliphatic hydroxyl groups excluding tert-OH is 1. The Hall–Kier alpha value is 0.0300. The average Bonchev–Trinajstić information content (AvgIpc) is 2.24. The third-order valence-electron chi connectivity index (χ3n) is 2.14. The van der Waals surface area contributed by atoms with Crippen molar-refractivity contribution in [1.82, 2.24) is 0 Å². The first-order valence-corrected chi connectivity index (χ1v) is 7.44. The fourth-order valence-electron chi connectivity index (χ4n) is 1.26. The molecule has 0 saturated carbocycles. The first-order valence-electron chi connectivity index (χ1n) is 5.91. The standard InChI is InChI=1S/C10H23O6P/c1-2-3-4-5-6-7-15-8-10(11)9-16-17(12,13)14/h10-11H,2-9H2,1H3,(H2,12,13,14)/t10-/m1/s1. The lowest BCUT2D eigenvalue weighted by Gasteiger charge is -2.12. The highest BCUT2D eigenvalue weighted by Crippen LogP contribution is 2.35. The molecule has 1 atom stereocenters. The van der Waals surface area contributed by atoms with Crippen LogP contribution in [0.4, 0.5) is 0 Å². The summed E-state index contributed by atoms with van der Waals surface area (Å²) in [5.74, 6) is 0.